The number of nitro benzene ring substituents is 1. The van der Waals surface area contributed by atoms with Crippen molar-refractivity contribution >= 4 is 11.6 Å². The van der Waals surface area contributed by atoms with Crippen LogP contribution in [0.3, 0.4) is 0 Å². The van der Waals surface area contributed by atoms with Crippen LogP contribution in [-0.4, -0.2) is 9.85 Å². The van der Waals surface area contributed by atoms with Crippen molar-refractivity contribution in [3.05, 3.63) is 61.9 Å². The molecule has 2 rings (SSSR count). The van der Waals surface area contributed by atoms with Crippen LogP contribution in [0.4, 0.5) is 11.6 Å². The molecule has 1 aromatic heterocycles. The van der Waals surface area contributed by atoms with Gasteiger partial charge in [-0.1, -0.05) is 0 Å². The van der Waals surface area contributed by atoms with Crippen molar-refractivity contribution in [3.8, 4) is 11.8 Å². The lowest BCUT2D eigenvalue weighted by Crippen LogP contribution is -1.99. The molecule has 1 aromatic carbocycles. The van der Waals surface area contributed by atoms with Crippen molar-refractivity contribution in [1.82, 2.24) is 0 Å². The van der Waals surface area contributed by atoms with Gasteiger partial charge < -0.3 is 9.15 Å². The van der Waals surface area contributed by atoms with E-state index in [0.29, 0.717) is 0 Å². The van der Waals surface area contributed by atoms with Gasteiger partial charge >= 0.3 is 11.6 Å². The molecule has 0 saturated heterocycles. The minimum Gasteiger partial charge on any atom is -0.479 e. The van der Waals surface area contributed by atoms with Crippen LogP contribution in [0.25, 0.3) is 0 Å². The normalized spacial score (nSPS) is 9.86. The lowest BCUT2D eigenvalue weighted by atomic mass is 10.2. The summed E-state index contributed by atoms with van der Waals surface area (Å²) in [4.78, 5) is 20.0. The molecule has 1 heterocycles. The minimum absolute atomic E-state index is 0.0574. The van der Waals surface area contributed by atoms with E-state index >= 15 is 0 Å². The summed E-state index contributed by atoms with van der Waals surface area (Å²) < 4.78 is 10.1. The van der Waals surface area contributed by atoms with Crippen molar-refractivity contribution in [2.24, 2.45) is 0 Å². The van der Waals surface area contributed by atoms with Crippen LogP contribution < -0.4 is 4.74 Å². The Balaban J connectivity index is 2.17. The number of ether oxygens (including phenoxy) is 1. The third-order valence-corrected chi connectivity index (χ3v) is 2.48. The Bertz CT molecular complexity index is 746. The maximum Gasteiger partial charge on any atom is 0.433 e. The van der Waals surface area contributed by atoms with E-state index in [0.717, 1.165) is 12.1 Å². The molecular formula is C12H7N3O6. The number of furan rings is 1. The Kier molecular flexibility index (Phi) is 3.80. The zero-order valence-corrected chi connectivity index (χ0v) is 10.4. The van der Waals surface area contributed by atoms with E-state index < -0.39 is 15.7 Å². The Morgan fingerprint density at radius 3 is 2.52 bits per heavy atom. The van der Waals surface area contributed by atoms with Gasteiger partial charge in [0.15, 0.2) is 5.75 Å². The van der Waals surface area contributed by atoms with Crippen LogP contribution in [0.15, 0.2) is 34.7 Å². The Hall–Kier alpha value is -3.41. The first-order chi connectivity index (χ1) is 10.0. The molecule has 0 fully saturated rings. The molecule has 0 saturated carbocycles. The Morgan fingerprint density at radius 2 is 1.95 bits per heavy atom. The molecule has 9 heteroatoms. The molecule has 0 aliphatic heterocycles. The summed E-state index contributed by atoms with van der Waals surface area (Å²) in [5.74, 6) is -0.346. The molecule has 0 aliphatic carbocycles. The molecule has 0 radical (unpaired) electrons. The first kappa shape index (κ1) is 14.0. The average Bonchev–Trinajstić information content (AvgIpc) is 2.94. The highest BCUT2D eigenvalue weighted by Crippen LogP contribution is 2.29. The van der Waals surface area contributed by atoms with Crippen LogP contribution in [0, 0.1) is 31.6 Å². The number of nitriles is 1. The van der Waals surface area contributed by atoms with Gasteiger partial charge in [0.1, 0.15) is 17.3 Å². The van der Waals surface area contributed by atoms with E-state index in [-0.39, 0.29) is 29.4 Å². The fraction of sp³-hybridized carbons (Fsp3) is 0.0833. The van der Waals surface area contributed by atoms with E-state index in [1.54, 1.807) is 6.07 Å². The summed E-state index contributed by atoms with van der Waals surface area (Å²) in [6.07, 6.45) is 0. The second kappa shape index (κ2) is 5.70. The van der Waals surface area contributed by atoms with E-state index in [1.807, 2.05) is 0 Å². The van der Waals surface area contributed by atoms with Gasteiger partial charge in [0, 0.05) is 6.07 Å². The second-order valence-corrected chi connectivity index (χ2v) is 3.84. The van der Waals surface area contributed by atoms with E-state index in [2.05, 4.69) is 0 Å². The average molecular weight is 289 g/mol. The second-order valence-electron chi connectivity index (χ2n) is 3.84. The van der Waals surface area contributed by atoms with Gasteiger partial charge in [-0.05, 0) is 18.2 Å². The third kappa shape index (κ3) is 3.13. The smallest absolute Gasteiger partial charge is 0.433 e. The lowest BCUT2D eigenvalue weighted by molar-refractivity contribution is -0.402. The molecule has 0 spiro atoms. The summed E-state index contributed by atoms with van der Waals surface area (Å²) in [6, 6.07) is 8.02. The molecule has 21 heavy (non-hydrogen) atoms. The van der Waals surface area contributed by atoms with E-state index in [1.165, 1.54) is 18.2 Å². The van der Waals surface area contributed by atoms with E-state index in [4.69, 9.17) is 14.4 Å². The van der Waals surface area contributed by atoms with Gasteiger partial charge in [-0.3, -0.25) is 20.2 Å². The molecule has 106 valence electrons. The summed E-state index contributed by atoms with van der Waals surface area (Å²) >= 11 is 0. The van der Waals surface area contributed by atoms with E-state index in [9.17, 15) is 20.2 Å². The van der Waals surface area contributed by atoms with Gasteiger partial charge in [0.2, 0.25) is 0 Å². The zero-order valence-electron chi connectivity index (χ0n) is 10.4. The molecule has 0 amide bonds. The van der Waals surface area contributed by atoms with Crippen LogP contribution in [0.2, 0.25) is 0 Å². The Labute approximate surface area is 117 Å². The monoisotopic (exact) mass is 289 g/mol. The van der Waals surface area contributed by atoms with Crippen LogP contribution in [0.1, 0.15) is 11.3 Å². The molecule has 9 nitrogen and oxygen atoms in total. The summed E-state index contributed by atoms with van der Waals surface area (Å²) in [5, 5.41) is 30.1. The summed E-state index contributed by atoms with van der Waals surface area (Å²) in [7, 11) is 0. The number of rotatable bonds is 5. The molecule has 0 bridgehead atoms. The lowest BCUT2D eigenvalue weighted by Gasteiger charge is -2.04. The van der Waals surface area contributed by atoms with Crippen molar-refractivity contribution < 1.29 is 19.0 Å². The fourth-order valence-corrected chi connectivity index (χ4v) is 1.54. The molecular weight excluding hydrogens is 282 g/mol. The third-order valence-electron chi connectivity index (χ3n) is 2.48. The van der Waals surface area contributed by atoms with Crippen molar-refractivity contribution in [1.29, 1.82) is 5.26 Å². The highest BCUT2D eigenvalue weighted by molar-refractivity contribution is 5.51. The Morgan fingerprint density at radius 1 is 1.19 bits per heavy atom. The molecule has 0 aliphatic rings. The number of nitro groups is 2. The predicted octanol–water partition coefficient (Wildman–Crippen LogP) is 2.55. The first-order valence-corrected chi connectivity index (χ1v) is 5.55. The van der Waals surface area contributed by atoms with Crippen molar-refractivity contribution in [3.63, 3.8) is 0 Å². The van der Waals surface area contributed by atoms with Gasteiger partial charge in [0.25, 0.3) is 0 Å². The molecule has 0 N–H and O–H groups in total. The quantitative estimate of drug-likeness (QED) is 0.609. The van der Waals surface area contributed by atoms with Crippen LogP contribution >= 0.6 is 0 Å². The number of hydrogen-bond acceptors (Lipinski definition) is 7. The number of benzene rings is 1. The maximum atomic E-state index is 10.9. The van der Waals surface area contributed by atoms with Crippen LogP contribution in [-0.2, 0) is 6.61 Å². The van der Waals surface area contributed by atoms with Gasteiger partial charge in [0.05, 0.1) is 22.6 Å². The number of nitrogens with zero attached hydrogens (tertiary/aromatic N) is 3. The number of hydrogen-bond donors (Lipinski definition) is 0. The predicted molar refractivity (Wildman–Crippen MR) is 67.5 cm³/mol. The van der Waals surface area contributed by atoms with Crippen LogP contribution in [0.5, 0.6) is 5.75 Å². The molecule has 0 atom stereocenters. The zero-order chi connectivity index (χ0) is 15.4. The fourth-order valence-electron chi connectivity index (χ4n) is 1.54. The van der Waals surface area contributed by atoms with Gasteiger partial charge in [-0.25, -0.2) is 0 Å². The van der Waals surface area contributed by atoms with Gasteiger partial charge in [-0.15, -0.1) is 0 Å². The first-order valence-electron chi connectivity index (χ1n) is 5.55. The molecule has 2 aromatic rings. The SMILES string of the molecule is N#Cc1ccc(OCc2ccc([N+](=O)[O-])o2)c([N+](=O)[O-])c1. The van der Waals surface area contributed by atoms with Gasteiger partial charge in [-0.2, -0.15) is 5.26 Å². The highest BCUT2D eigenvalue weighted by Gasteiger charge is 2.18. The minimum atomic E-state index is -0.701. The highest BCUT2D eigenvalue weighted by atomic mass is 16.7. The molecule has 0 unspecified atom stereocenters. The topological polar surface area (TPSA) is 132 Å². The maximum absolute atomic E-state index is 10.9. The largest absolute Gasteiger partial charge is 0.479 e. The summed E-state index contributed by atoms with van der Waals surface area (Å²) in [5.41, 5.74) is -0.238. The standard InChI is InChI=1S/C12H7N3O6/c13-6-8-1-3-11(10(5-8)14(16)17)20-7-9-2-4-12(21-9)15(18)19/h1-5H,7H2. The summed E-state index contributed by atoms with van der Waals surface area (Å²) in [6.45, 7) is -0.208. The van der Waals surface area contributed by atoms with Crippen molar-refractivity contribution in [2.75, 3.05) is 0 Å². The van der Waals surface area contributed by atoms with Crippen molar-refractivity contribution in [2.45, 2.75) is 6.61 Å².